The number of ether oxygens (including phenoxy) is 1. The van der Waals surface area contributed by atoms with Crippen LogP contribution in [0.25, 0.3) is 0 Å². The highest BCUT2D eigenvalue weighted by Crippen LogP contribution is 2.32. The van der Waals surface area contributed by atoms with Crippen molar-refractivity contribution in [2.75, 3.05) is 13.2 Å². The van der Waals surface area contributed by atoms with Crippen LogP contribution in [0.1, 0.15) is 34.1 Å². The Balaban J connectivity index is 1.76. The van der Waals surface area contributed by atoms with E-state index >= 15 is 0 Å². The van der Waals surface area contributed by atoms with Crippen LogP contribution < -0.4 is 0 Å². The fourth-order valence-corrected chi connectivity index (χ4v) is 2.95. The van der Waals surface area contributed by atoms with Crippen molar-refractivity contribution < 1.29 is 24.5 Å². The highest BCUT2D eigenvalue weighted by atomic mass is 16.5. The minimum atomic E-state index is -1.07. The van der Waals surface area contributed by atoms with E-state index in [4.69, 9.17) is 9.84 Å². The molecule has 0 fully saturated rings. The zero-order valence-corrected chi connectivity index (χ0v) is 13.1. The summed E-state index contributed by atoms with van der Waals surface area (Å²) in [5.41, 5.74) is 1.91. The lowest BCUT2D eigenvalue weighted by atomic mass is 10.1. The topological polar surface area (TPSA) is 88.8 Å². The van der Waals surface area contributed by atoms with Crippen molar-refractivity contribution in [3.63, 3.8) is 0 Å². The molecule has 2 atom stereocenters. The summed E-state index contributed by atoms with van der Waals surface area (Å²) in [6, 6.07) is 12.5. The minimum Gasteiger partial charge on any atom is -0.462 e. The maximum absolute atomic E-state index is 12.6. The van der Waals surface area contributed by atoms with E-state index in [2.05, 4.69) is 0 Å². The number of carbonyl (C=O) groups excluding carboxylic acids is 2. The second-order valence-corrected chi connectivity index (χ2v) is 5.80. The summed E-state index contributed by atoms with van der Waals surface area (Å²) in [5.74, 6) is -0.974. The summed E-state index contributed by atoms with van der Waals surface area (Å²) >= 11 is 0. The first-order valence-electron chi connectivity index (χ1n) is 7.86. The van der Waals surface area contributed by atoms with E-state index in [1.807, 2.05) is 22.8 Å². The molecule has 0 radical (unpaired) electrons. The fourth-order valence-electron chi connectivity index (χ4n) is 2.95. The van der Waals surface area contributed by atoms with Gasteiger partial charge in [-0.15, -0.1) is 0 Å². The van der Waals surface area contributed by atoms with Gasteiger partial charge in [-0.25, -0.2) is 0 Å². The molecular weight excluding hydrogens is 310 g/mol. The lowest BCUT2D eigenvalue weighted by Gasteiger charge is -2.12. The van der Waals surface area contributed by atoms with Crippen LogP contribution in [0.2, 0.25) is 0 Å². The molecule has 1 aromatic carbocycles. The number of fused-ring (bicyclic) bond motifs is 1. The second-order valence-electron chi connectivity index (χ2n) is 5.80. The third kappa shape index (κ3) is 3.11. The molecule has 24 heavy (non-hydrogen) atoms. The zero-order valence-electron chi connectivity index (χ0n) is 13.1. The number of hydrogen-bond donors (Lipinski definition) is 2. The molecule has 1 unspecified atom stereocenters. The Bertz CT molecular complexity index is 737. The zero-order chi connectivity index (χ0) is 17.1. The largest absolute Gasteiger partial charge is 0.462 e. The molecule has 0 aliphatic carbocycles. The fraction of sp³-hybridized carbons (Fsp3) is 0.333. The van der Waals surface area contributed by atoms with Crippen molar-refractivity contribution in [3.8, 4) is 0 Å². The average Bonchev–Trinajstić information content (AvgIpc) is 3.21. The number of benzene rings is 1. The summed E-state index contributed by atoms with van der Waals surface area (Å²) in [5, 5.41) is 18.0. The summed E-state index contributed by atoms with van der Waals surface area (Å²) in [6.07, 6.45) is -0.517. The molecule has 6 nitrogen and oxygen atoms in total. The van der Waals surface area contributed by atoms with Gasteiger partial charge in [0.1, 0.15) is 12.7 Å². The molecular formula is C18H19NO5. The van der Waals surface area contributed by atoms with Gasteiger partial charge in [-0.2, -0.15) is 0 Å². The first-order valence-corrected chi connectivity index (χ1v) is 7.86. The SMILES string of the molecule is O=C(c1ccccc1)c1ccc2n1CCC2C(=O)OC[C@@H](O)CO. The summed E-state index contributed by atoms with van der Waals surface area (Å²) < 4.78 is 6.89. The Morgan fingerprint density at radius 3 is 2.67 bits per heavy atom. The first-order chi connectivity index (χ1) is 11.6. The monoisotopic (exact) mass is 329 g/mol. The molecule has 3 rings (SSSR count). The molecule has 0 saturated heterocycles. The van der Waals surface area contributed by atoms with Crippen molar-refractivity contribution in [1.29, 1.82) is 0 Å². The number of esters is 1. The van der Waals surface area contributed by atoms with Crippen LogP contribution in [0.15, 0.2) is 42.5 Å². The van der Waals surface area contributed by atoms with E-state index in [-0.39, 0.29) is 12.4 Å². The highest BCUT2D eigenvalue weighted by molar-refractivity contribution is 6.08. The van der Waals surface area contributed by atoms with Crippen LogP contribution in [-0.2, 0) is 16.1 Å². The van der Waals surface area contributed by atoms with E-state index < -0.39 is 24.6 Å². The van der Waals surface area contributed by atoms with Crippen LogP contribution in [0.4, 0.5) is 0 Å². The van der Waals surface area contributed by atoms with Crippen LogP contribution in [0, 0.1) is 0 Å². The van der Waals surface area contributed by atoms with E-state index in [1.165, 1.54) is 0 Å². The molecule has 0 spiro atoms. The van der Waals surface area contributed by atoms with Gasteiger partial charge in [0.2, 0.25) is 5.78 Å². The normalized spacial score (nSPS) is 17.3. The van der Waals surface area contributed by atoms with Crippen molar-refractivity contribution in [2.24, 2.45) is 0 Å². The number of hydrogen-bond acceptors (Lipinski definition) is 5. The Hall–Kier alpha value is -2.44. The lowest BCUT2D eigenvalue weighted by molar-refractivity contribution is -0.149. The van der Waals surface area contributed by atoms with Gasteiger partial charge in [0.25, 0.3) is 0 Å². The quantitative estimate of drug-likeness (QED) is 0.612. The Labute approximate surface area is 139 Å². The molecule has 1 aromatic heterocycles. The molecule has 6 heteroatoms. The first kappa shape index (κ1) is 16.4. The molecule has 1 aliphatic rings. The van der Waals surface area contributed by atoms with Crippen LogP contribution in [0.3, 0.4) is 0 Å². The predicted octanol–water partition coefficient (Wildman–Crippen LogP) is 1.10. The van der Waals surface area contributed by atoms with E-state index in [0.717, 1.165) is 5.69 Å². The van der Waals surface area contributed by atoms with Crippen LogP contribution in [0.5, 0.6) is 0 Å². The molecule has 2 aromatic rings. The predicted molar refractivity (Wildman–Crippen MR) is 85.7 cm³/mol. The standard InChI is InChI=1S/C18H19NO5/c20-10-13(21)11-24-18(23)14-8-9-19-15(14)6-7-16(19)17(22)12-4-2-1-3-5-12/h1-7,13-14,20-21H,8-11H2/t13-,14?/m0/s1. The number of nitrogens with zero attached hydrogens (tertiary/aromatic N) is 1. The maximum atomic E-state index is 12.6. The molecule has 1 aliphatic heterocycles. The Kier molecular flexibility index (Phi) is 4.78. The van der Waals surface area contributed by atoms with Gasteiger partial charge in [0, 0.05) is 17.8 Å². The number of aliphatic hydroxyl groups excluding tert-OH is 2. The molecule has 0 saturated carbocycles. The highest BCUT2D eigenvalue weighted by Gasteiger charge is 2.33. The Morgan fingerprint density at radius 2 is 1.96 bits per heavy atom. The third-order valence-electron chi connectivity index (χ3n) is 4.19. The van der Waals surface area contributed by atoms with Crippen molar-refractivity contribution in [2.45, 2.75) is 25.0 Å². The smallest absolute Gasteiger partial charge is 0.315 e. The molecule has 126 valence electrons. The van der Waals surface area contributed by atoms with Gasteiger partial charge in [0.05, 0.1) is 18.2 Å². The molecule has 2 heterocycles. The van der Waals surface area contributed by atoms with Crippen LogP contribution in [-0.4, -0.2) is 45.9 Å². The van der Waals surface area contributed by atoms with Gasteiger partial charge in [-0.3, -0.25) is 9.59 Å². The van der Waals surface area contributed by atoms with Gasteiger partial charge in [0.15, 0.2) is 0 Å². The van der Waals surface area contributed by atoms with E-state index in [1.54, 1.807) is 24.3 Å². The second kappa shape index (κ2) is 6.98. The third-order valence-corrected chi connectivity index (χ3v) is 4.19. The maximum Gasteiger partial charge on any atom is 0.315 e. The average molecular weight is 329 g/mol. The summed E-state index contributed by atoms with van der Waals surface area (Å²) in [6.45, 7) is -0.120. The molecule has 0 bridgehead atoms. The molecule has 2 N–H and O–H groups in total. The number of aliphatic hydroxyl groups is 2. The number of rotatable bonds is 6. The van der Waals surface area contributed by atoms with Gasteiger partial charge >= 0.3 is 5.97 Å². The lowest BCUT2D eigenvalue weighted by Crippen LogP contribution is -2.24. The molecule has 0 amide bonds. The van der Waals surface area contributed by atoms with Gasteiger partial charge in [-0.1, -0.05) is 30.3 Å². The van der Waals surface area contributed by atoms with Crippen molar-refractivity contribution in [3.05, 3.63) is 59.4 Å². The van der Waals surface area contributed by atoms with Crippen LogP contribution >= 0.6 is 0 Å². The van der Waals surface area contributed by atoms with E-state index in [9.17, 15) is 14.7 Å². The van der Waals surface area contributed by atoms with Gasteiger partial charge < -0.3 is 19.5 Å². The van der Waals surface area contributed by atoms with Gasteiger partial charge in [-0.05, 0) is 18.6 Å². The van der Waals surface area contributed by atoms with E-state index in [0.29, 0.717) is 24.2 Å². The Morgan fingerprint density at radius 1 is 1.21 bits per heavy atom. The van der Waals surface area contributed by atoms with Crippen molar-refractivity contribution in [1.82, 2.24) is 4.57 Å². The number of aromatic nitrogens is 1. The summed E-state index contributed by atoms with van der Waals surface area (Å²) in [7, 11) is 0. The summed E-state index contributed by atoms with van der Waals surface area (Å²) in [4.78, 5) is 24.8. The number of ketones is 1. The minimum absolute atomic E-state index is 0.0772. The number of carbonyl (C=O) groups is 2. The van der Waals surface area contributed by atoms with Crippen molar-refractivity contribution >= 4 is 11.8 Å².